The summed E-state index contributed by atoms with van der Waals surface area (Å²) in [5.41, 5.74) is 6.53. The highest BCUT2D eigenvalue weighted by Crippen LogP contribution is 2.29. The van der Waals surface area contributed by atoms with Gasteiger partial charge < -0.3 is 10.5 Å². The maximum Gasteiger partial charge on any atom is 0.282 e. The second-order valence-corrected chi connectivity index (χ2v) is 4.68. The molecule has 2 rings (SSSR count). The third-order valence-electron chi connectivity index (χ3n) is 2.00. The number of amidine groups is 1. The Morgan fingerprint density at radius 3 is 2.71 bits per heavy atom. The van der Waals surface area contributed by atoms with Crippen LogP contribution in [0.25, 0.3) is 0 Å². The van der Waals surface area contributed by atoms with Crippen molar-refractivity contribution in [3.63, 3.8) is 0 Å². The zero-order valence-corrected chi connectivity index (χ0v) is 10.4. The van der Waals surface area contributed by atoms with Gasteiger partial charge in [-0.2, -0.15) is 0 Å². The Kier molecular flexibility index (Phi) is 2.78. The Hall–Kier alpha value is -0.550. The van der Waals surface area contributed by atoms with Gasteiger partial charge in [-0.05, 0) is 49.6 Å². The molecule has 1 aromatic carbocycles. The number of nitrogens with zero attached hydrogens (tertiary/aromatic N) is 1. The van der Waals surface area contributed by atoms with Gasteiger partial charge in [0.15, 0.2) is 0 Å². The van der Waals surface area contributed by atoms with Crippen molar-refractivity contribution < 1.29 is 4.74 Å². The summed E-state index contributed by atoms with van der Waals surface area (Å²) >= 11 is 6.85. The first-order valence-corrected chi connectivity index (χ1v) is 5.66. The van der Waals surface area contributed by atoms with Gasteiger partial charge in [0.25, 0.3) is 6.02 Å². The number of hydrogen-bond donors (Lipinski definition) is 1. The molecule has 3 nitrogen and oxygen atoms in total. The van der Waals surface area contributed by atoms with E-state index in [0.29, 0.717) is 6.61 Å². The van der Waals surface area contributed by atoms with Crippen molar-refractivity contribution in [3.05, 3.63) is 32.7 Å². The van der Waals surface area contributed by atoms with E-state index in [1.165, 1.54) is 0 Å². The molecule has 1 aliphatic rings. The average Bonchev–Trinajstić information content (AvgIpc) is 2.57. The fraction of sp³-hybridized carbons (Fsp3) is 0.222. The molecule has 0 saturated carbocycles. The van der Waals surface area contributed by atoms with Crippen molar-refractivity contribution in [1.82, 2.24) is 0 Å². The molecule has 0 fully saturated rings. The van der Waals surface area contributed by atoms with Crippen molar-refractivity contribution in [1.29, 1.82) is 0 Å². The third kappa shape index (κ3) is 1.93. The topological polar surface area (TPSA) is 47.6 Å². The summed E-state index contributed by atoms with van der Waals surface area (Å²) in [4.78, 5) is 4.17. The lowest BCUT2D eigenvalue weighted by molar-refractivity contribution is 0.315. The molecule has 5 heteroatoms. The predicted octanol–water partition coefficient (Wildman–Crippen LogP) is 2.60. The quantitative estimate of drug-likeness (QED) is 0.865. The van der Waals surface area contributed by atoms with Crippen LogP contribution in [0.15, 0.2) is 32.1 Å². The van der Waals surface area contributed by atoms with E-state index in [1.54, 1.807) is 0 Å². The molecule has 74 valence electrons. The highest BCUT2D eigenvalue weighted by Gasteiger charge is 2.18. The zero-order valence-electron chi connectivity index (χ0n) is 7.21. The molecule has 1 atom stereocenters. The lowest BCUT2D eigenvalue weighted by atomic mass is 10.1. The highest BCUT2D eigenvalue weighted by atomic mass is 79.9. The second-order valence-electron chi connectivity index (χ2n) is 2.97. The fourth-order valence-electron chi connectivity index (χ4n) is 1.28. The molecule has 1 aliphatic heterocycles. The number of rotatable bonds is 1. The van der Waals surface area contributed by atoms with E-state index in [2.05, 4.69) is 36.9 Å². The van der Waals surface area contributed by atoms with Gasteiger partial charge >= 0.3 is 0 Å². The Balaban J connectivity index is 2.29. The van der Waals surface area contributed by atoms with Crippen molar-refractivity contribution in [3.8, 4) is 0 Å². The van der Waals surface area contributed by atoms with Gasteiger partial charge in [-0.15, -0.1) is 0 Å². The van der Waals surface area contributed by atoms with Crippen molar-refractivity contribution in [2.24, 2.45) is 10.7 Å². The van der Waals surface area contributed by atoms with E-state index < -0.39 is 0 Å². The van der Waals surface area contributed by atoms with E-state index in [-0.39, 0.29) is 12.1 Å². The Morgan fingerprint density at radius 2 is 2.14 bits per heavy atom. The smallest absolute Gasteiger partial charge is 0.282 e. The van der Waals surface area contributed by atoms with Gasteiger partial charge in [-0.3, -0.25) is 0 Å². The van der Waals surface area contributed by atoms with E-state index in [4.69, 9.17) is 10.5 Å². The monoisotopic (exact) mass is 318 g/mol. The molecule has 1 aromatic rings. The van der Waals surface area contributed by atoms with Gasteiger partial charge in [0, 0.05) is 8.95 Å². The molecular formula is C9H8Br2N2O. The predicted molar refractivity (Wildman–Crippen MR) is 62.2 cm³/mol. The van der Waals surface area contributed by atoms with Crippen LogP contribution in [-0.4, -0.2) is 12.6 Å². The standard InChI is InChI=1S/C9H8Br2N2O/c10-6-2-1-5(3-7(6)11)8-4-14-9(12)13-8/h1-3,8H,4H2,(H2,12,13). The van der Waals surface area contributed by atoms with Crippen molar-refractivity contribution in [2.75, 3.05) is 6.61 Å². The lowest BCUT2D eigenvalue weighted by Gasteiger charge is -2.06. The van der Waals surface area contributed by atoms with Gasteiger partial charge in [-0.25, -0.2) is 4.99 Å². The number of halogens is 2. The molecule has 1 heterocycles. The molecule has 1 unspecified atom stereocenters. The SMILES string of the molecule is NC1=NC(c2ccc(Br)c(Br)c2)CO1. The van der Waals surface area contributed by atoms with Gasteiger partial charge in [0.1, 0.15) is 12.6 Å². The normalized spacial score (nSPS) is 20.4. The van der Waals surface area contributed by atoms with Crippen molar-refractivity contribution >= 4 is 37.9 Å². The second kappa shape index (κ2) is 3.90. The minimum atomic E-state index is 0.0272. The molecule has 0 bridgehead atoms. The summed E-state index contributed by atoms with van der Waals surface area (Å²) in [7, 11) is 0. The first kappa shape index (κ1) is 9.98. The molecule has 0 amide bonds. The largest absolute Gasteiger partial charge is 0.463 e. The third-order valence-corrected chi connectivity index (χ3v) is 3.88. The van der Waals surface area contributed by atoms with Gasteiger partial charge in [0.2, 0.25) is 0 Å². The summed E-state index contributed by atoms with van der Waals surface area (Å²) in [6, 6.07) is 6.29. The average molecular weight is 320 g/mol. The van der Waals surface area contributed by atoms with Crippen LogP contribution < -0.4 is 5.73 Å². The van der Waals surface area contributed by atoms with E-state index >= 15 is 0 Å². The Bertz CT molecular complexity index is 392. The first-order chi connectivity index (χ1) is 6.66. The summed E-state index contributed by atoms with van der Waals surface area (Å²) in [5.74, 6) is 0. The fourth-order valence-corrected chi connectivity index (χ4v) is 1.93. The van der Waals surface area contributed by atoms with Crippen LogP contribution in [0, 0.1) is 0 Å². The minimum absolute atomic E-state index is 0.0272. The molecule has 0 spiro atoms. The van der Waals surface area contributed by atoms with Crippen molar-refractivity contribution in [2.45, 2.75) is 6.04 Å². The zero-order chi connectivity index (χ0) is 10.1. The lowest BCUT2D eigenvalue weighted by Crippen LogP contribution is -2.10. The van der Waals surface area contributed by atoms with Crippen LogP contribution in [0.1, 0.15) is 11.6 Å². The Morgan fingerprint density at radius 1 is 1.36 bits per heavy atom. The molecule has 0 aromatic heterocycles. The highest BCUT2D eigenvalue weighted by molar-refractivity contribution is 9.13. The number of hydrogen-bond acceptors (Lipinski definition) is 3. The number of ether oxygens (including phenoxy) is 1. The van der Waals surface area contributed by atoms with Crippen LogP contribution in [-0.2, 0) is 4.74 Å². The van der Waals surface area contributed by atoms with Crippen LogP contribution >= 0.6 is 31.9 Å². The minimum Gasteiger partial charge on any atom is -0.463 e. The molecule has 0 radical (unpaired) electrons. The molecule has 0 aliphatic carbocycles. The first-order valence-electron chi connectivity index (χ1n) is 4.08. The van der Waals surface area contributed by atoms with Crippen LogP contribution in [0.2, 0.25) is 0 Å². The summed E-state index contributed by atoms with van der Waals surface area (Å²) < 4.78 is 7.13. The van der Waals surface area contributed by atoms with Crippen LogP contribution in [0.4, 0.5) is 0 Å². The van der Waals surface area contributed by atoms with Gasteiger partial charge in [0.05, 0.1) is 0 Å². The summed E-state index contributed by atoms with van der Waals surface area (Å²) in [6.07, 6.45) is 0. The number of benzene rings is 1. The Labute approximate surface area is 98.6 Å². The van der Waals surface area contributed by atoms with E-state index in [0.717, 1.165) is 14.5 Å². The van der Waals surface area contributed by atoms with E-state index in [1.807, 2.05) is 18.2 Å². The molecule has 14 heavy (non-hydrogen) atoms. The summed E-state index contributed by atoms with van der Waals surface area (Å²) in [5, 5.41) is 0. The molecule has 0 saturated heterocycles. The molecular weight excluding hydrogens is 312 g/mol. The molecule has 2 N–H and O–H groups in total. The maximum atomic E-state index is 5.44. The van der Waals surface area contributed by atoms with Crippen LogP contribution in [0.3, 0.4) is 0 Å². The van der Waals surface area contributed by atoms with Gasteiger partial charge in [-0.1, -0.05) is 6.07 Å². The number of nitrogens with two attached hydrogens (primary N) is 1. The maximum absolute atomic E-state index is 5.44. The van der Waals surface area contributed by atoms with Crippen LogP contribution in [0.5, 0.6) is 0 Å². The van der Waals surface area contributed by atoms with E-state index in [9.17, 15) is 0 Å². The number of aliphatic imine (C=N–C) groups is 1. The summed E-state index contributed by atoms with van der Waals surface area (Å²) in [6.45, 7) is 0.528.